The molecular weight excluding hydrogens is 302 g/mol. The van der Waals surface area contributed by atoms with Crippen LogP contribution in [0.15, 0.2) is 24.3 Å². The molecule has 0 aliphatic carbocycles. The van der Waals surface area contributed by atoms with Gasteiger partial charge in [-0.2, -0.15) is 0 Å². The summed E-state index contributed by atoms with van der Waals surface area (Å²) >= 11 is 0. The van der Waals surface area contributed by atoms with Gasteiger partial charge in [0.1, 0.15) is 0 Å². The normalized spacial score (nSPS) is 16.2. The zero-order chi connectivity index (χ0) is 17.5. The molecular formula is C19H29N3O2. The third kappa shape index (κ3) is 5.96. The highest BCUT2D eigenvalue weighted by Gasteiger charge is 2.21. The maximum Gasteiger partial charge on any atom is 0.251 e. The molecule has 2 amide bonds. The highest BCUT2D eigenvalue weighted by Crippen LogP contribution is 2.16. The lowest BCUT2D eigenvalue weighted by Gasteiger charge is -2.31. The number of likely N-dealkylation sites (tertiary alicyclic amines) is 1. The number of nitrogens with zero attached hydrogens (tertiary/aromatic N) is 1. The van der Waals surface area contributed by atoms with E-state index in [1.165, 1.54) is 0 Å². The molecule has 0 radical (unpaired) electrons. The molecule has 1 fully saturated rings. The molecule has 5 heteroatoms. The Kier molecular flexibility index (Phi) is 6.79. The summed E-state index contributed by atoms with van der Waals surface area (Å²) in [6.07, 6.45) is 2.03. The number of rotatable bonds is 6. The van der Waals surface area contributed by atoms with Crippen LogP contribution in [0.25, 0.3) is 0 Å². The van der Waals surface area contributed by atoms with Crippen molar-refractivity contribution >= 4 is 11.8 Å². The van der Waals surface area contributed by atoms with Crippen molar-refractivity contribution in [2.75, 3.05) is 26.2 Å². The summed E-state index contributed by atoms with van der Waals surface area (Å²) in [4.78, 5) is 26.2. The Labute approximate surface area is 144 Å². The summed E-state index contributed by atoms with van der Waals surface area (Å²) < 4.78 is 0. The smallest absolute Gasteiger partial charge is 0.251 e. The third-order valence-electron chi connectivity index (χ3n) is 4.36. The molecule has 0 saturated carbocycles. The summed E-state index contributed by atoms with van der Waals surface area (Å²) in [5, 5.41) is 5.97. The van der Waals surface area contributed by atoms with Gasteiger partial charge in [0.05, 0.1) is 6.54 Å². The summed E-state index contributed by atoms with van der Waals surface area (Å²) in [6.45, 7) is 8.94. The molecule has 24 heavy (non-hydrogen) atoms. The first-order valence-corrected chi connectivity index (χ1v) is 8.80. The monoisotopic (exact) mass is 331 g/mol. The second-order valence-electron chi connectivity index (χ2n) is 7.02. The Morgan fingerprint density at radius 3 is 2.58 bits per heavy atom. The maximum absolute atomic E-state index is 12.2. The number of nitrogens with one attached hydrogen (secondary N) is 2. The molecule has 132 valence electrons. The molecule has 0 unspecified atom stereocenters. The topological polar surface area (TPSA) is 61.4 Å². The highest BCUT2D eigenvalue weighted by atomic mass is 16.2. The minimum atomic E-state index is -0.00237. The number of piperidine rings is 1. The van der Waals surface area contributed by atoms with Gasteiger partial charge in [-0.1, -0.05) is 17.7 Å². The third-order valence-corrected chi connectivity index (χ3v) is 4.36. The van der Waals surface area contributed by atoms with E-state index < -0.39 is 0 Å². The zero-order valence-corrected chi connectivity index (χ0v) is 15.0. The first-order valence-electron chi connectivity index (χ1n) is 8.80. The molecule has 0 spiro atoms. The van der Waals surface area contributed by atoms with Crippen LogP contribution in [0.5, 0.6) is 0 Å². The molecule has 0 atom stereocenters. The Morgan fingerprint density at radius 2 is 1.96 bits per heavy atom. The van der Waals surface area contributed by atoms with E-state index in [2.05, 4.69) is 15.5 Å². The van der Waals surface area contributed by atoms with Crippen LogP contribution >= 0.6 is 0 Å². The largest absolute Gasteiger partial charge is 0.353 e. The van der Waals surface area contributed by atoms with E-state index in [4.69, 9.17) is 0 Å². The Balaban J connectivity index is 1.69. The van der Waals surface area contributed by atoms with Gasteiger partial charge in [-0.05, 0) is 64.8 Å². The number of aryl methyl sites for hydroxylation is 1. The average molecular weight is 331 g/mol. The predicted octanol–water partition coefficient (Wildman–Crippen LogP) is 1.96. The highest BCUT2D eigenvalue weighted by molar-refractivity contribution is 5.94. The lowest BCUT2D eigenvalue weighted by Crippen LogP contribution is -2.44. The van der Waals surface area contributed by atoms with Crippen LogP contribution in [-0.2, 0) is 4.79 Å². The van der Waals surface area contributed by atoms with E-state index in [9.17, 15) is 9.59 Å². The fourth-order valence-corrected chi connectivity index (χ4v) is 3.04. The molecule has 1 aliphatic heterocycles. The summed E-state index contributed by atoms with van der Waals surface area (Å²) in [5.41, 5.74) is 1.81. The Morgan fingerprint density at radius 1 is 1.25 bits per heavy atom. The van der Waals surface area contributed by atoms with Gasteiger partial charge >= 0.3 is 0 Å². The van der Waals surface area contributed by atoms with Crippen molar-refractivity contribution in [3.63, 3.8) is 0 Å². The van der Waals surface area contributed by atoms with Gasteiger partial charge < -0.3 is 10.6 Å². The van der Waals surface area contributed by atoms with Crippen LogP contribution in [0.1, 0.15) is 42.6 Å². The number of carbonyl (C=O) groups excluding carboxylic acids is 2. The molecule has 5 nitrogen and oxygen atoms in total. The summed E-state index contributed by atoms with van der Waals surface area (Å²) in [6, 6.07) is 7.84. The van der Waals surface area contributed by atoms with E-state index in [1.807, 2.05) is 45.0 Å². The molecule has 1 saturated heterocycles. The lowest BCUT2D eigenvalue weighted by atomic mass is 9.96. The van der Waals surface area contributed by atoms with Gasteiger partial charge in [-0.25, -0.2) is 0 Å². The predicted molar refractivity (Wildman–Crippen MR) is 96.0 cm³/mol. The van der Waals surface area contributed by atoms with Crippen molar-refractivity contribution in [2.24, 2.45) is 5.92 Å². The number of hydrogen-bond donors (Lipinski definition) is 2. The standard InChI is InChI=1S/C19H29N3O2/c1-14(2)21-18(23)13-22-9-7-16(8-10-22)12-20-19(24)17-6-4-5-15(3)11-17/h4-6,11,14,16H,7-10,12-13H2,1-3H3,(H,20,24)(H,21,23). The van der Waals surface area contributed by atoms with Crippen LogP contribution in [0, 0.1) is 12.8 Å². The second kappa shape index (κ2) is 8.83. The molecule has 0 bridgehead atoms. The van der Waals surface area contributed by atoms with Crippen molar-refractivity contribution in [1.82, 2.24) is 15.5 Å². The van der Waals surface area contributed by atoms with Crippen molar-refractivity contribution < 1.29 is 9.59 Å². The SMILES string of the molecule is Cc1cccc(C(=O)NCC2CCN(CC(=O)NC(C)C)CC2)c1. The minimum absolute atomic E-state index is 0.00237. The number of hydrogen-bond acceptors (Lipinski definition) is 3. The van der Waals surface area contributed by atoms with E-state index in [0.717, 1.165) is 37.1 Å². The molecule has 1 heterocycles. The Hall–Kier alpha value is -1.88. The van der Waals surface area contributed by atoms with E-state index in [1.54, 1.807) is 0 Å². The zero-order valence-electron chi connectivity index (χ0n) is 15.0. The summed E-state index contributed by atoms with van der Waals surface area (Å²) in [5.74, 6) is 0.580. The van der Waals surface area contributed by atoms with Crippen molar-refractivity contribution in [2.45, 2.75) is 39.7 Å². The van der Waals surface area contributed by atoms with Gasteiger partial charge in [0.15, 0.2) is 0 Å². The average Bonchev–Trinajstić information content (AvgIpc) is 2.53. The van der Waals surface area contributed by atoms with Gasteiger partial charge in [-0.15, -0.1) is 0 Å². The van der Waals surface area contributed by atoms with Gasteiger partial charge in [-0.3, -0.25) is 14.5 Å². The van der Waals surface area contributed by atoms with Crippen LogP contribution in [0.2, 0.25) is 0 Å². The molecule has 0 aromatic heterocycles. The van der Waals surface area contributed by atoms with E-state index in [0.29, 0.717) is 19.0 Å². The molecule has 1 aromatic rings. The fourth-order valence-electron chi connectivity index (χ4n) is 3.04. The van der Waals surface area contributed by atoms with Gasteiger partial charge in [0, 0.05) is 18.2 Å². The van der Waals surface area contributed by atoms with Crippen molar-refractivity contribution in [3.8, 4) is 0 Å². The lowest BCUT2D eigenvalue weighted by molar-refractivity contribution is -0.123. The van der Waals surface area contributed by atoms with Crippen molar-refractivity contribution in [1.29, 1.82) is 0 Å². The molecule has 1 aliphatic rings. The number of benzene rings is 1. The quantitative estimate of drug-likeness (QED) is 0.838. The Bertz CT molecular complexity index is 563. The summed E-state index contributed by atoms with van der Waals surface area (Å²) in [7, 11) is 0. The first kappa shape index (κ1) is 18.5. The fraction of sp³-hybridized carbons (Fsp3) is 0.579. The van der Waals surface area contributed by atoms with Crippen LogP contribution in [0.3, 0.4) is 0 Å². The van der Waals surface area contributed by atoms with E-state index >= 15 is 0 Å². The molecule has 1 aromatic carbocycles. The first-order chi connectivity index (χ1) is 11.4. The van der Waals surface area contributed by atoms with Crippen LogP contribution in [-0.4, -0.2) is 48.9 Å². The maximum atomic E-state index is 12.2. The van der Waals surface area contributed by atoms with Crippen LogP contribution < -0.4 is 10.6 Å². The van der Waals surface area contributed by atoms with Crippen LogP contribution in [0.4, 0.5) is 0 Å². The van der Waals surface area contributed by atoms with E-state index in [-0.39, 0.29) is 17.9 Å². The van der Waals surface area contributed by atoms with Gasteiger partial charge in [0.2, 0.25) is 5.91 Å². The number of carbonyl (C=O) groups is 2. The molecule has 2 rings (SSSR count). The van der Waals surface area contributed by atoms with Gasteiger partial charge in [0.25, 0.3) is 5.91 Å². The second-order valence-corrected chi connectivity index (χ2v) is 7.02. The minimum Gasteiger partial charge on any atom is -0.353 e. The molecule has 2 N–H and O–H groups in total. The number of amides is 2. The van der Waals surface area contributed by atoms with Crippen molar-refractivity contribution in [3.05, 3.63) is 35.4 Å².